The van der Waals surface area contributed by atoms with Crippen LogP contribution in [0.3, 0.4) is 0 Å². The molecule has 0 aliphatic carbocycles. The summed E-state index contributed by atoms with van der Waals surface area (Å²) in [5.74, 6) is 1.19. The van der Waals surface area contributed by atoms with Crippen molar-refractivity contribution in [1.29, 1.82) is 0 Å². The van der Waals surface area contributed by atoms with Gasteiger partial charge in [0.2, 0.25) is 10.0 Å². The van der Waals surface area contributed by atoms with Crippen LogP contribution in [0.15, 0.2) is 71.6 Å². The molecule has 2 N–H and O–H groups in total. The van der Waals surface area contributed by atoms with Crippen LogP contribution in [0.4, 0.5) is 5.82 Å². The minimum atomic E-state index is -3.60. The van der Waals surface area contributed by atoms with Crippen LogP contribution in [0.2, 0.25) is 0 Å². The van der Waals surface area contributed by atoms with Gasteiger partial charge in [-0.05, 0) is 61.7 Å². The molecule has 0 aliphatic heterocycles. The van der Waals surface area contributed by atoms with E-state index in [0.717, 1.165) is 28.1 Å². The Morgan fingerprint density at radius 3 is 2.12 bits per heavy atom. The van der Waals surface area contributed by atoms with Gasteiger partial charge in [-0.1, -0.05) is 42.5 Å². The number of hydrogen-bond acceptors (Lipinski definition) is 6. The fraction of sp³-hybridized carbons (Fsp3) is 0.208. The van der Waals surface area contributed by atoms with E-state index in [1.54, 1.807) is 22.9 Å². The second-order valence-electron chi connectivity index (χ2n) is 7.70. The summed E-state index contributed by atoms with van der Waals surface area (Å²) in [6.45, 7) is 6.55. The van der Waals surface area contributed by atoms with Crippen LogP contribution in [0.25, 0.3) is 16.9 Å². The minimum absolute atomic E-state index is 0.211. The van der Waals surface area contributed by atoms with E-state index in [4.69, 9.17) is 0 Å². The number of sulfonamides is 1. The summed E-state index contributed by atoms with van der Waals surface area (Å²) in [5.41, 5.74) is 5.11. The number of aryl methyl sites for hydroxylation is 1. The van der Waals surface area contributed by atoms with Crippen molar-refractivity contribution in [1.82, 2.24) is 24.7 Å². The molecule has 2 heterocycles. The quantitative estimate of drug-likeness (QED) is 0.388. The first kappa shape index (κ1) is 22.6. The number of hydrogen-bond donors (Lipinski definition) is 2. The van der Waals surface area contributed by atoms with Gasteiger partial charge in [-0.25, -0.2) is 17.8 Å². The fourth-order valence-electron chi connectivity index (χ4n) is 3.39. The molecule has 8 nitrogen and oxygen atoms in total. The van der Waals surface area contributed by atoms with E-state index in [2.05, 4.69) is 25.3 Å². The second kappa shape index (κ2) is 9.51. The molecule has 0 radical (unpaired) electrons. The highest BCUT2D eigenvalue weighted by Gasteiger charge is 2.14. The van der Waals surface area contributed by atoms with E-state index >= 15 is 0 Å². The monoisotopic (exact) mass is 462 g/mol. The van der Waals surface area contributed by atoms with Crippen molar-refractivity contribution in [3.63, 3.8) is 0 Å². The molecule has 0 atom stereocenters. The van der Waals surface area contributed by atoms with Crippen LogP contribution in [-0.2, 0) is 10.0 Å². The Bertz CT molecular complexity index is 1330. The number of rotatable bonds is 8. The summed E-state index contributed by atoms with van der Waals surface area (Å²) in [4.78, 5) is 0.228. The van der Waals surface area contributed by atoms with Crippen LogP contribution in [0, 0.1) is 20.8 Å². The van der Waals surface area contributed by atoms with Crippen molar-refractivity contribution in [3.05, 3.63) is 83.7 Å². The highest BCUT2D eigenvalue weighted by Crippen LogP contribution is 2.21. The van der Waals surface area contributed by atoms with Crippen molar-refractivity contribution in [2.24, 2.45) is 0 Å². The van der Waals surface area contributed by atoms with E-state index in [0.29, 0.717) is 18.2 Å². The third kappa shape index (κ3) is 5.10. The van der Waals surface area contributed by atoms with Gasteiger partial charge in [-0.3, -0.25) is 0 Å². The largest absolute Gasteiger partial charge is 0.367 e. The number of benzene rings is 2. The molecule has 0 spiro atoms. The lowest BCUT2D eigenvalue weighted by molar-refractivity contribution is 0.583. The number of anilines is 1. The fourth-order valence-corrected chi connectivity index (χ4v) is 4.42. The zero-order chi connectivity index (χ0) is 23.4. The third-order valence-corrected chi connectivity index (χ3v) is 6.99. The molecule has 0 unspecified atom stereocenters. The van der Waals surface area contributed by atoms with E-state index in [1.807, 2.05) is 69.3 Å². The highest BCUT2D eigenvalue weighted by molar-refractivity contribution is 7.89. The summed E-state index contributed by atoms with van der Waals surface area (Å²) in [6.07, 6.45) is 0. The van der Waals surface area contributed by atoms with Crippen molar-refractivity contribution < 1.29 is 8.42 Å². The van der Waals surface area contributed by atoms with E-state index in [-0.39, 0.29) is 11.4 Å². The van der Waals surface area contributed by atoms with Crippen molar-refractivity contribution >= 4 is 15.8 Å². The predicted molar refractivity (Wildman–Crippen MR) is 129 cm³/mol. The molecule has 4 aromatic rings. The molecular weight excluding hydrogens is 436 g/mol. The summed E-state index contributed by atoms with van der Waals surface area (Å²) >= 11 is 0. The maximum atomic E-state index is 12.6. The van der Waals surface area contributed by atoms with E-state index in [1.165, 1.54) is 0 Å². The van der Waals surface area contributed by atoms with Gasteiger partial charge in [0.05, 0.1) is 10.6 Å². The third-order valence-electron chi connectivity index (χ3n) is 5.52. The molecule has 0 fully saturated rings. The van der Waals surface area contributed by atoms with Gasteiger partial charge in [0.15, 0.2) is 5.82 Å². The summed E-state index contributed by atoms with van der Waals surface area (Å²) < 4.78 is 29.5. The average Bonchev–Trinajstić information content (AvgIpc) is 3.10. The minimum Gasteiger partial charge on any atom is -0.367 e. The maximum Gasteiger partial charge on any atom is 0.240 e. The van der Waals surface area contributed by atoms with E-state index in [9.17, 15) is 8.42 Å². The lowest BCUT2D eigenvalue weighted by Crippen LogP contribution is -2.29. The zero-order valence-corrected chi connectivity index (χ0v) is 19.6. The number of nitrogens with one attached hydrogen (secondary N) is 2. The highest BCUT2D eigenvalue weighted by atomic mass is 32.2. The van der Waals surface area contributed by atoms with Gasteiger partial charge in [-0.15, -0.1) is 10.2 Å². The Morgan fingerprint density at radius 2 is 1.52 bits per heavy atom. The first-order chi connectivity index (χ1) is 15.8. The molecule has 0 saturated carbocycles. The van der Waals surface area contributed by atoms with Gasteiger partial charge in [0.1, 0.15) is 5.82 Å². The van der Waals surface area contributed by atoms with Crippen LogP contribution < -0.4 is 10.0 Å². The van der Waals surface area contributed by atoms with Gasteiger partial charge in [-0.2, -0.15) is 5.10 Å². The van der Waals surface area contributed by atoms with Crippen LogP contribution >= 0.6 is 0 Å². The van der Waals surface area contributed by atoms with Gasteiger partial charge in [0, 0.05) is 18.8 Å². The van der Waals surface area contributed by atoms with Crippen LogP contribution in [0.1, 0.15) is 17.0 Å². The van der Waals surface area contributed by atoms with Crippen LogP contribution in [0.5, 0.6) is 0 Å². The molecule has 170 valence electrons. The first-order valence-electron chi connectivity index (χ1n) is 10.6. The molecular formula is C24H26N6O2S. The summed E-state index contributed by atoms with van der Waals surface area (Å²) in [5, 5.41) is 15.9. The molecule has 33 heavy (non-hydrogen) atoms. The standard InChI is InChI=1S/C24H26N6O2S/c1-17-18(2)29-30(19(17)3)24-14-13-23(27-28-24)25-15-16-26-33(31,32)22-11-9-21(10-12-22)20-7-5-4-6-8-20/h4-14,26H,15-16H2,1-3H3,(H,25,27). The van der Waals surface area contributed by atoms with E-state index < -0.39 is 10.0 Å². The Kier molecular flexibility index (Phi) is 6.52. The lowest BCUT2D eigenvalue weighted by Gasteiger charge is -2.09. The number of nitrogens with zero attached hydrogens (tertiary/aromatic N) is 4. The average molecular weight is 463 g/mol. The zero-order valence-electron chi connectivity index (χ0n) is 18.8. The number of aromatic nitrogens is 4. The lowest BCUT2D eigenvalue weighted by atomic mass is 10.1. The Morgan fingerprint density at radius 1 is 0.818 bits per heavy atom. The van der Waals surface area contributed by atoms with Gasteiger partial charge >= 0.3 is 0 Å². The maximum absolute atomic E-state index is 12.6. The molecule has 0 bridgehead atoms. The Labute approximate surface area is 193 Å². The predicted octanol–water partition coefficient (Wildman–Crippen LogP) is 3.64. The smallest absolute Gasteiger partial charge is 0.240 e. The SMILES string of the molecule is Cc1nn(-c2ccc(NCCNS(=O)(=O)c3ccc(-c4ccccc4)cc3)nn2)c(C)c1C. The summed E-state index contributed by atoms with van der Waals surface area (Å²) in [6, 6.07) is 20.3. The normalized spacial score (nSPS) is 11.5. The molecule has 2 aromatic heterocycles. The van der Waals surface area contributed by atoms with Gasteiger partial charge in [0.25, 0.3) is 0 Å². The molecule has 0 amide bonds. The topological polar surface area (TPSA) is 102 Å². The first-order valence-corrected chi connectivity index (χ1v) is 12.1. The second-order valence-corrected chi connectivity index (χ2v) is 9.47. The van der Waals surface area contributed by atoms with Gasteiger partial charge < -0.3 is 5.32 Å². The van der Waals surface area contributed by atoms with Crippen molar-refractivity contribution in [3.8, 4) is 16.9 Å². The summed E-state index contributed by atoms with van der Waals surface area (Å²) in [7, 11) is -3.60. The van der Waals surface area contributed by atoms with Crippen LogP contribution in [-0.4, -0.2) is 41.5 Å². The van der Waals surface area contributed by atoms with Crippen molar-refractivity contribution in [2.45, 2.75) is 25.7 Å². The van der Waals surface area contributed by atoms with Crippen molar-refractivity contribution in [2.75, 3.05) is 18.4 Å². The molecule has 0 aliphatic rings. The molecule has 0 saturated heterocycles. The molecule has 4 rings (SSSR count). The molecule has 9 heteroatoms. The Hall–Kier alpha value is -3.56. The Balaban J connectivity index is 1.31. The molecule has 2 aromatic carbocycles.